The molecule has 1 amide bonds. The van der Waals surface area contributed by atoms with Crippen molar-refractivity contribution in [2.45, 2.75) is 65.0 Å². The third-order valence-electron chi connectivity index (χ3n) is 4.19. The maximum absolute atomic E-state index is 11.9. The number of rotatable bonds is 6. The summed E-state index contributed by atoms with van der Waals surface area (Å²) < 4.78 is 0. The highest BCUT2D eigenvalue weighted by atomic mass is 127. The number of aliphatic imine (C=N–C) groups is 1. The lowest BCUT2D eigenvalue weighted by Gasteiger charge is -2.23. The van der Waals surface area contributed by atoms with Gasteiger partial charge in [0.05, 0.1) is 6.54 Å². The van der Waals surface area contributed by atoms with E-state index in [1.165, 1.54) is 32.1 Å². The van der Waals surface area contributed by atoms with E-state index in [9.17, 15) is 4.79 Å². The zero-order valence-electron chi connectivity index (χ0n) is 15.3. The van der Waals surface area contributed by atoms with Crippen LogP contribution in [0.2, 0.25) is 0 Å². The van der Waals surface area contributed by atoms with E-state index in [4.69, 9.17) is 5.73 Å². The van der Waals surface area contributed by atoms with Crippen molar-refractivity contribution in [3.63, 3.8) is 0 Å². The molecule has 25 heavy (non-hydrogen) atoms. The lowest BCUT2D eigenvalue weighted by Crippen LogP contribution is -2.41. The standard InChI is InChI=1S/C19H30N4O.HI/c1-14(2)11-18(24)22-17-10-6-7-15(12-17)13-21-19(20)23-16-8-4-3-5-9-16;/h6-7,10,12,14,16H,3-5,8-9,11,13H2,1-2H3,(H,22,24)(H3,20,21,23);1H. The molecular weight excluding hydrogens is 427 g/mol. The predicted octanol–water partition coefficient (Wildman–Crippen LogP) is 4.03. The van der Waals surface area contributed by atoms with Crippen molar-refractivity contribution in [3.8, 4) is 0 Å². The van der Waals surface area contributed by atoms with Gasteiger partial charge < -0.3 is 16.4 Å². The number of amides is 1. The van der Waals surface area contributed by atoms with E-state index in [2.05, 4.69) is 15.6 Å². The molecule has 0 aliphatic heterocycles. The summed E-state index contributed by atoms with van der Waals surface area (Å²) in [5.74, 6) is 0.906. The van der Waals surface area contributed by atoms with Crippen LogP contribution in [0.25, 0.3) is 0 Å². The molecule has 0 aromatic heterocycles. The molecule has 5 nitrogen and oxygen atoms in total. The first-order chi connectivity index (χ1) is 11.5. The monoisotopic (exact) mass is 458 g/mol. The molecule has 1 saturated carbocycles. The molecule has 140 valence electrons. The van der Waals surface area contributed by atoms with Crippen LogP contribution in [0.15, 0.2) is 29.3 Å². The number of nitrogens with zero attached hydrogens (tertiary/aromatic N) is 1. The zero-order chi connectivity index (χ0) is 17.4. The number of guanidine groups is 1. The Labute approximate surface area is 168 Å². The van der Waals surface area contributed by atoms with Gasteiger partial charge in [-0.2, -0.15) is 0 Å². The molecule has 0 atom stereocenters. The Balaban J connectivity index is 0.00000312. The number of benzene rings is 1. The SMILES string of the molecule is CC(C)CC(=O)Nc1cccc(CN=C(N)NC2CCCCC2)c1.I. The van der Waals surface area contributed by atoms with Gasteiger partial charge in [-0.25, -0.2) is 4.99 Å². The molecule has 1 fully saturated rings. The van der Waals surface area contributed by atoms with Gasteiger partial charge in [0, 0.05) is 18.2 Å². The number of anilines is 1. The Kier molecular flexibility index (Phi) is 9.85. The molecule has 1 aromatic carbocycles. The molecule has 0 saturated heterocycles. The van der Waals surface area contributed by atoms with Crippen LogP contribution in [-0.4, -0.2) is 17.9 Å². The van der Waals surface area contributed by atoms with Gasteiger partial charge >= 0.3 is 0 Å². The maximum Gasteiger partial charge on any atom is 0.224 e. The highest BCUT2D eigenvalue weighted by Crippen LogP contribution is 2.17. The van der Waals surface area contributed by atoms with E-state index in [1.807, 2.05) is 38.1 Å². The summed E-state index contributed by atoms with van der Waals surface area (Å²) in [5, 5.41) is 6.25. The topological polar surface area (TPSA) is 79.5 Å². The summed E-state index contributed by atoms with van der Waals surface area (Å²) in [6.07, 6.45) is 6.73. The first-order valence-electron chi connectivity index (χ1n) is 8.98. The number of carbonyl (C=O) groups excluding carboxylic acids is 1. The lowest BCUT2D eigenvalue weighted by molar-refractivity contribution is -0.116. The van der Waals surface area contributed by atoms with Crippen LogP contribution in [-0.2, 0) is 11.3 Å². The van der Waals surface area contributed by atoms with Crippen molar-refractivity contribution in [1.29, 1.82) is 0 Å². The van der Waals surface area contributed by atoms with Crippen molar-refractivity contribution >= 4 is 41.5 Å². The average Bonchev–Trinajstić information content (AvgIpc) is 2.53. The van der Waals surface area contributed by atoms with Gasteiger partial charge in [0.15, 0.2) is 5.96 Å². The van der Waals surface area contributed by atoms with Crippen LogP contribution in [0.3, 0.4) is 0 Å². The molecule has 0 bridgehead atoms. The van der Waals surface area contributed by atoms with Crippen LogP contribution in [0.5, 0.6) is 0 Å². The molecule has 0 radical (unpaired) electrons. The van der Waals surface area contributed by atoms with Crippen LogP contribution < -0.4 is 16.4 Å². The summed E-state index contributed by atoms with van der Waals surface area (Å²) in [4.78, 5) is 16.3. The minimum Gasteiger partial charge on any atom is -0.370 e. The third-order valence-corrected chi connectivity index (χ3v) is 4.19. The Morgan fingerprint density at radius 2 is 2.00 bits per heavy atom. The van der Waals surface area contributed by atoms with Crippen LogP contribution in [0, 0.1) is 5.92 Å². The van der Waals surface area contributed by atoms with E-state index in [1.54, 1.807) is 0 Å². The van der Waals surface area contributed by atoms with Gasteiger partial charge in [0.25, 0.3) is 0 Å². The lowest BCUT2D eigenvalue weighted by atomic mass is 9.96. The average molecular weight is 458 g/mol. The predicted molar refractivity (Wildman–Crippen MR) is 115 cm³/mol. The van der Waals surface area contributed by atoms with Crippen molar-refractivity contribution in [3.05, 3.63) is 29.8 Å². The fourth-order valence-corrected chi connectivity index (χ4v) is 3.01. The smallest absolute Gasteiger partial charge is 0.224 e. The van der Waals surface area contributed by atoms with Crippen molar-refractivity contribution in [2.24, 2.45) is 16.6 Å². The van der Waals surface area contributed by atoms with Gasteiger partial charge in [-0.3, -0.25) is 4.79 Å². The van der Waals surface area contributed by atoms with Gasteiger partial charge in [0.1, 0.15) is 0 Å². The second-order valence-corrected chi connectivity index (χ2v) is 7.03. The summed E-state index contributed by atoms with van der Waals surface area (Å²) in [7, 11) is 0. The highest BCUT2D eigenvalue weighted by Gasteiger charge is 2.13. The normalized spacial score (nSPS) is 15.6. The van der Waals surface area contributed by atoms with Gasteiger partial charge in [-0.15, -0.1) is 24.0 Å². The molecule has 0 unspecified atom stereocenters. The molecular formula is C19H31IN4O. The minimum atomic E-state index is 0. The van der Waals surface area contributed by atoms with E-state index in [-0.39, 0.29) is 29.9 Å². The first kappa shape index (κ1) is 21.7. The molecule has 1 aliphatic rings. The molecule has 2 rings (SSSR count). The Bertz CT molecular complexity index is 568. The van der Waals surface area contributed by atoms with E-state index in [0.29, 0.717) is 30.9 Å². The number of hydrogen-bond donors (Lipinski definition) is 3. The number of nitrogens with one attached hydrogen (secondary N) is 2. The summed E-state index contributed by atoms with van der Waals surface area (Å²) >= 11 is 0. The van der Waals surface area contributed by atoms with Gasteiger partial charge in [-0.1, -0.05) is 45.2 Å². The molecule has 4 N–H and O–H groups in total. The minimum absolute atomic E-state index is 0. The second kappa shape index (κ2) is 11.3. The quantitative estimate of drug-likeness (QED) is 0.342. The fraction of sp³-hybridized carbons (Fsp3) is 0.579. The Morgan fingerprint density at radius 3 is 2.68 bits per heavy atom. The molecule has 6 heteroatoms. The third kappa shape index (κ3) is 8.56. The van der Waals surface area contributed by atoms with Crippen LogP contribution in [0.1, 0.15) is 57.9 Å². The Hall–Kier alpha value is -1.31. The first-order valence-corrected chi connectivity index (χ1v) is 8.98. The van der Waals surface area contributed by atoms with Crippen molar-refractivity contribution in [2.75, 3.05) is 5.32 Å². The second-order valence-electron chi connectivity index (χ2n) is 7.03. The molecule has 1 aromatic rings. The van der Waals surface area contributed by atoms with Gasteiger partial charge in [-0.05, 0) is 36.5 Å². The maximum atomic E-state index is 11.9. The molecule has 1 aliphatic carbocycles. The summed E-state index contributed by atoms with van der Waals surface area (Å²) in [6, 6.07) is 8.24. The molecule has 0 spiro atoms. The van der Waals surface area contributed by atoms with E-state index < -0.39 is 0 Å². The fourth-order valence-electron chi connectivity index (χ4n) is 3.01. The zero-order valence-corrected chi connectivity index (χ0v) is 17.6. The highest BCUT2D eigenvalue weighted by molar-refractivity contribution is 14.0. The van der Waals surface area contributed by atoms with Crippen molar-refractivity contribution < 1.29 is 4.79 Å². The van der Waals surface area contributed by atoms with E-state index >= 15 is 0 Å². The van der Waals surface area contributed by atoms with E-state index in [0.717, 1.165) is 11.3 Å². The number of halogens is 1. The largest absolute Gasteiger partial charge is 0.370 e. The Morgan fingerprint density at radius 1 is 1.28 bits per heavy atom. The number of carbonyl (C=O) groups is 1. The summed E-state index contributed by atoms with van der Waals surface area (Å²) in [5.41, 5.74) is 7.84. The van der Waals surface area contributed by atoms with Gasteiger partial charge in [0.2, 0.25) is 5.91 Å². The number of hydrogen-bond acceptors (Lipinski definition) is 2. The molecule has 0 heterocycles. The van der Waals surface area contributed by atoms with Crippen LogP contribution in [0.4, 0.5) is 5.69 Å². The van der Waals surface area contributed by atoms with Crippen molar-refractivity contribution in [1.82, 2.24) is 5.32 Å². The van der Waals surface area contributed by atoms with Crippen LogP contribution >= 0.6 is 24.0 Å². The number of nitrogens with two attached hydrogens (primary N) is 1. The summed E-state index contributed by atoms with van der Waals surface area (Å²) in [6.45, 7) is 4.58.